The van der Waals surface area contributed by atoms with E-state index in [1.807, 2.05) is 0 Å². The molecule has 0 aromatic carbocycles. The fraction of sp³-hybridized carbons (Fsp3) is 1.00. The Hall–Kier alpha value is -0.130. The van der Waals surface area contributed by atoms with Crippen LogP contribution in [0.3, 0.4) is 0 Å². The van der Waals surface area contributed by atoms with Gasteiger partial charge in [-0.05, 0) is 39.2 Å². The molecule has 17 heavy (non-hydrogen) atoms. The average Bonchev–Trinajstić information content (AvgIpc) is 2.29. The number of hydrogen-bond donors (Lipinski definition) is 0. The molecular formula is C12H24N2O2S. The first-order valence-electron chi connectivity index (χ1n) is 6.69. The Morgan fingerprint density at radius 2 is 1.65 bits per heavy atom. The molecule has 4 nitrogen and oxygen atoms in total. The number of sulfonamides is 1. The summed E-state index contributed by atoms with van der Waals surface area (Å²) in [6, 6.07) is 1.28. The van der Waals surface area contributed by atoms with E-state index in [-0.39, 0.29) is 0 Å². The fourth-order valence-corrected chi connectivity index (χ4v) is 4.04. The molecule has 0 aliphatic carbocycles. The summed E-state index contributed by atoms with van der Waals surface area (Å²) in [4.78, 5) is 2.60. The third-order valence-electron chi connectivity index (χ3n) is 4.22. The molecule has 0 N–H and O–H groups in total. The van der Waals surface area contributed by atoms with Gasteiger partial charge in [0.05, 0.1) is 6.26 Å². The van der Waals surface area contributed by atoms with Crippen LogP contribution in [0.5, 0.6) is 0 Å². The second-order valence-electron chi connectivity index (χ2n) is 5.48. The molecule has 2 aliphatic heterocycles. The molecule has 2 heterocycles. The Bertz CT molecular complexity index is 348. The van der Waals surface area contributed by atoms with E-state index in [2.05, 4.69) is 11.8 Å². The van der Waals surface area contributed by atoms with Crippen LogP contribution in [-0.4, -0.2) is 55.6 Å². The second kappa shape index (κ2) is 5.24. The predicted octanol–water partition coefficient (Wildman–Crippen LogP) is 1.28. The first-order chi connectivity index (χ1) is 7.98. The molecule has 100 valence electrons. The fourth-order valence-electron chi connectivity index (χ4n) is 3.17. The molecule has 0 amide bonds. The molecule has 0 radical (unpaired) electrons. The van der Waals surface area contributed by atoms with Crippen molar-refractivity contribution in [2.24, 2.45) is 0 Å². The third kappa shape index (κ3) is 3.20. The van der Waals surface area contributed by atoms with Gasteiger partial charge >= 0.3 is 0 Å². The van der Waals surface area contributed by atoms with Crippen molar-refractivity contribution in [2.45, 2.75) is 51.1 Å². The minimum absolute atomic E-state index is 0.600. The van der Waals surface area contributed by atoms with Gasteiger partial charge in [0.1, 0.15) is 0 Å². The van der Waals surface area contributed by atoms with Crippen LogP contribution in [-0.2, 0) is 10.0 Å². The lowest BCUT2D eigenvalue weighted by molar-refractivity contribution is 0.0739. The summed E-state index contributed by atoms with van der Waals surface area (Å²) in [6.45, 7) is 4.91. The summed E-state index contributed by atoms with van der Waals surface area (Å²) in [5.41, 5.74) is 0. The van der Waals surface area contributed by atoms with E-state index in [0.717, 1.165) is 12.8 Å². The van der Waals surface area contributed by atoms with Crippen LogP contribution in [0.1, 0.15) is 39.0 Å². The normalized spacial score (nSPS) is 30.6. The van der Waals surface area contributed by atoms with Gasteiger partial charge in [-0.1, -0.05) is 6.42 Å². The molecule has 1 unspecified atom stereocenters. The van der Waals surface area contributed by atoms with Gasteiger partial charge in [-0.15, -0.1) is 0 Å². The smallest absolute Gasteiger partial charge is 0.211 e. The van der Waals surface area contributed by atoms with Gasteiger partial charge in [0.25, 0.3) is 0 Å². The first kappa shape index (κ1) is 13.3. The predicted molar refractivity (Wildman–Crippen MR) is 69.5 cm³/mol. The summed E-state index contributed by atoms with van der Waals surface area (Å²) in [5, 5.41) is 0. The van der Waals surface area contributed by atoms with Crippen molar-refractivity contribution in [2.75, 3.05) is 25.9 Å². The summed E-state index contributed by atoms with van der Waals surface area (Å²) in [5.74, 6) is 0. The van der Waals surface area contributed by atoms with E-state index in [4.69, 9.17) is 0 Å². The maximum Gasteiger partial charge on any atom is 0.211 e. The average molecular weight is 260 g/mol. The van der Waals surface area contributed by atoms with Gasteiger partial charge in [0.2, 0.25) is 10.0 Å². The quantitative estimate of drug-likeness (QED) is 0.751. The van der Waals surface area contributed by atoms with E-state index in [0.29, 0.717) is 25.2 Å². The first-order valence-corrected chi connectivity index (χ1v) is 8.54. The van der Waals surface area contributed by atoms with Crippen LogP contribution in [0, 0.1) is 0 Å². The summed E-state index contributed by atoms with van der Waals surface area (Å²) < 4.78 is 24.5. The van der Waals surface area contributed by atoms with Crippen LogP contribution < -0.4 is 0 Å². The molecule has 5 heteroatoms. The lowest BCUT2D eigenvalue weighted by atomic mass is 9.96. The molecule has 0 spiro atoms. The molecular weight excluding hydrogens is 236 g/mol. The number of rotatable bonds is 2. The Morgan fingerprint density at radius 1 is 1.00 bits per heavy atom. The van der Waals surface area contributed by atoms with Gasteiger partial charge in [0, 0.05) is 25.2 Å². The van der Waals surface area contributed by atoms with Gasteiger partial charge in [-0.2, -0.15) is 0 Å². The van der Waals surface area contributed by atoms with Crippen LogP contribution in [0.2, 0.25) is 0 Å². The van der Waals surface area contributed by atoms with Crippen molar-refractivity contribution < 1.29 is 8.42 Å². The molecule has 2 saturated heterocycles. The second-order valence-corrected chi connectivity index (χ2v) is 7.46. The molecule has 1 atom stereocenters. The van der Waals surface area contributed by atoms with E-state index in [1.165, 1.54) is 32.1 Å². The highest BCUT2D eigenvalue weighted by Gasteiger charge is 2.31. The zero-order valence-corrected chi connectivity index (χ0v) is 11.7. The number of piperidine rings is 2. The van der Waals surface area contributed by atoms with E-state index < -0.39 is 10.0 Å². The zero-order chi connectivity index (χ0) is 12.5. The maximum atomic E-state index is 11.4. The summed E-state index contributed by atoms with van der Waals surface area (Å²) in [7, 11) is -2.98. The van der Waals surface area contributed by atoms with Crippen LogP contribution in [0.4, 0.5) is 0 Å². The Balaban J connectivity index is 1.90. The highest BCUT2D eigenvalue weighted by molar-refractivity contribution is 7.88. The number of hydrogen-bond acceptors (Lipinski definition) is 3. The van der Waals surface area contributed by atoms with Crippen LogP contribution in [0.25, 0.3) is 0 Å². The molecule has 0 bridgehead atoms. The molecule has 2 aliphatic rings. The molecule has 2 fully saturated rings. The lowest BCUT2D eigenvalue weighted by Crippen LogP contribution is -2.50. The monoisotopic (exact) mass is 260 g/mol. The van der Waals surface area contributed by atoms with Gasteiger partial charge in [-0.25, -0.2) is 12.7 Å². The lowest BCUT2D eigenvalue weighted by Gasteiger charge is -2.43. The van der Waals surface area contributed by atoms with E-state index in [9.17, 15) is 8.42 Å². The standard InChI is InChI=1S/C12H24N2O2S/c1-11-5-3-4-8-14(11)12-6-9-13(10-7-12)17(2,15)16/h11-12H,3-10H2,1-2H3. The van der Waals surface area contributed by atoms with Gasteiger partial charge in [0.15, 0.2) is 0 Å². The highest BCUT2D eigenvalue weighted by atomic mass is 32.2. The van der Waals surface area contributed by atoms with Gasteiger partial charge < -0.3 is 0 Å². The van der Waals surface area contributed by atoms with Crippen molar-refractivity contribution in [3.05, 3.63) is 0 Å². The minimum Gasteiger partial charge on any atom is -0.298 e. The zero-order valence-electron chi connectivity index (χ0n) is 10.9. The van der Waals surface area contributed by atoms with E-state index >= 15 is 0 Å². The minimum atomic E-state index is -2.98. The largest absolute Gasteiger partial charge is 0.298 e. The maximum absolute atomic E-state index is 11.4. The number of nitrogens with zero attached hydrogens (tertiary/aromatic N) is 2. The van der Waals surface area contributed by atoms with E-state index in [1.54, 1.807) is 4.31 Å². The summed E-state index contributed by atoms with van der Waals surface area (Å²) >= 11 is 0. The van der Waals surface area contributed by atoms with Crippen LogP contribution in [0.15, 0.2) is 0 Å². The molecule has 2 rings (SSSR count). The number of likely N-dealkylation sites (tertiary alicyclic amines) is 1. The summed E-state index contributed by atoms with van der Waals surface area (Å²) in [6.07, 6.45) is 7.26. The molecule has 0 aromatic rings. The van der Waals surface area contributed by atoms with Crippen molar-refractivity contribution >= 4 is 10.0 Å². The highest BCUT2D eigenvalue weighted by Crippen LogP contribution is 2.25. The van der Waals surface area contributed by atoms with Crippen molar-refractivity contribution in [3.63, 3.8) is 0 Å². The Morgan fingerprint density at radius 3 is 2.18 bits per heavy atom. The van der Waals surface area contributed by atoms with Gasteiger partial charge in [-0.3, -0.25) is 4.90 Å². The van der Waals surface area contributed by atoms with Crippen molar-refractivity contribution in [1.82, 2.24) is 9.21 Å². The Labute approximate surface area is 105 Å². The Kier molecular flexibility index (Phi) is 4.10. The molecule has 0 saturated carbocycles. The van der Waals surface area contributed by atoms with Crippen molar-refractivity contribution in [3.8, 4) is 0 Å². The van der Waals surface area contributed by atoms with Crippen molar-refractivity contribution in [1.29, 1.82) is 0 Å². The topological polar surface area (TPSA) is 40.6 Å². The molecule has 0 aromatic heterocycles. The third-order valence-corrected chi connectivity index (χ3v) is 5.52. The SMILES string of the molecule is CC1CCCCN1C1CCN(S(C)(=O)=O)CC1. The van der Waals surface area contributed by atoms with Crippen LogP contribution >= 0.6 is 0 Å².